The molecule has 1 aromatic heterocycles. The van der Waals surface area contributed by atoms with E-state index in [4.69, 9.17) is 0 Å². The smallest absolute Gasteiger partial charge is 0.128 e. The van der Waals surface area contributed by atoms with Crippen LogP contribution in [0, 0.1) is 0 Å². The van der Waals surface area contributed by atoms with Crippen LogP contribution in [0.3, 0.4) is 0 Å². The Hall–Kier alpha value is -0.310. The Labute approximate surface area is 81.1 Å². The van der Waals surface area contributed by atoms with Gasteiger partial charge in [0.15, 0.2) is 0 Å². The van der Waals surface area contributed by atoms with Gasteiger partial charge < -0.3 is 0 Å². The molecule has 0 radical (unpaired) electrons. The summed E-state index contributed by atoms with van der Waals surface area (Å²) in [5, 5.41) is 4.40. The van der Waals surface area contributed by atoms with Crippen molar-refractivity contribution >= 4 is 15.9 Å². The van der Waals surface area contributed by atoms with Crippen LogP contribution in [0.5, 0.6) is 0 Å². The van der Waals surface area contributed by atoms with Crippen molar-refractivity contribution in [1.29, 1.82) is 0 Å². The monoisotopic (exact) mass is 228 g/mol. The van der Waals surface area contributed by atoms with Gasteiger partial charge in [0.25, 0.3) is 0 Å². The molecule has 0 spiro atoms. The van der Waals surface area contributed by atoms with Gasteiger partial charge in [0.05, 0.1) is 0 Å². The van der Waals surface area contributed by atoms with E-state index in [0.29, 0.717) is 6.04 Å². The Morgan fingerprint density at radius 2 is 2.25 bits per heavy atom. The summed E-state index contributed by atoms with van der Waals surface area (Å²) in [5.41, 5.74) is 1.40. The van der Waals surface area contributed by atoms with E-state index in [2.05, 4.69) is 45.6 Å². The van der Waals surface area contributed by atoms with Gasteiger partial charge in [-0.05, 0) is 48.7 Å². The van der Waals surface area contributed by atoms with E-state index in [1.165, 1.54) is 18.5 Å². The van der Waals surface area contributed by atoms with E-state index in [1.54, 1.807) is 0 Å². The third-order valence-corrected chi connectivity index (χ3v) is 2.61. The van der Waals surface area contributed by atoms with Gasteiger partial charge in [-0.3, -0.25) is 4.68 Å². The zero-order chi connectivity index (χ0) is 8.72. The van der Waals surface area contributed by atoms with E-state index in [-0.39, 0.29) is 0 Å². The van der Waals surface area contributed by atoms with Crippen molar-refractivity contribution < 1.29 is 0 Å². The molecule has 0 atom stereocenters. The Morgan fingerprint density at radius 1 is 1.58 bits per heavy atom. The first-order valence-corrected chi connectivity index (χ1v) is 5.22. The molecule has 0 aromatic carbocycles. The summed E-state index contributed by atoms with van der Waals surface area (Å²) in [6.45, 7) is 4.34. The normalized spacial score (nSPS) is 17.3. The molecule has 1 fully saturated rings. The minimum absolute atomic E-state index is 0.479. The number of hydrogen-bond acceptors (Lipinski definition) is 1. The van der Waals surface area contributed by atoms with E-state index < -0.39 is 0 Å². The van der Waals surface area contributed by atoms with Crippen molar-refractivity contribution in [3.8, 4) is 0 Å². The van der Waals surface area contributed by atoms with Crippen LogP contribution in [0.2, 0.25) is 0 Å². The Bertz CT molecular complexity index is 267. The van der Waals surface area contributed by atoms with Gasteiger partial charge in [-0.25, -0.2) is 0 Å². The SMILES string of the molecule is CC(C)n1nc(Br)cc1C1CC1. The number of halogens is 1. The lowest BCUT2D eigenvalue weighted by atomic mass is 10.3. The van der Waals surface area contributed by atoms with Crippen LogP contribution in [0.25, 0.3) is 0 Å². The number of aromatic nitrogens is 2. The second kappa shape index (κ2) is 2.87. The number of hydrogen-bond donors (Lipinski definition) is 0. The third kappa shape index (κ3) is 1.42. The molecule has 0 aliphatic heterocycles. The fraction of sp³-hybridized carbons (Fsp3) is 0.667. The second-order valence-corrected chi connectivity index (χ2v) is 4.52. The highest BCUT2D eigenvalue weighted by Gasteiger charge is 2.28. The number of nitrogens with zero attached hydrogens (tertiary/aromatic N) is 2. The molecule has 0 amide bonds. The molecule has 2 nitrogen and oxygen atoms in total. The summed E-state index contributed by atoms with van der Waals surface area (Å²) in [6.07, 6.45) is 2.68. The standard InChI is InChI=1S/C9H13BrN2/c1-6(2)12-8(7-3-4-7)5-9(10)11-12/h5-7H,3-4H2,1-2H3. The highest BCUT2D eigenvalue weighted by atomic mass is 79.9. The molecule has 1 aliphatic carbocycles. The van der Waals surface area contributed by atoms with E-state index in [1.807, 2.05) is 0 Å². The van der Waals surface area contributed by atoms with Crippen molar-refractivity contribution in [2.75, 3.05) is 0 Å². The molecule has 66 valence electrons. The Balaban J connectivity index is 2.36. The molecule has 1 saturated carbocycles. The van der Waals surface area contributed by atoms with Gasteiger partial charge >= 0.3 is 0 Å². The first-order valence-electron chi connectivity index (χ1n) is 4.43. The summed E-state index contributed by atoms with van der Waals surface area (Å²) in [4.78, 5) is 0. The topological polar surface area (TPSA) is 17.8 Å². The Kier molecular flexibility index (Phi) is 1.99. The molecule has 0 saturated heterocycles. The van der Waals surface area contributed by atoms with Crippen LogP contribution in [-0.4, -0.2) is 9.78 Å². The van der Waals surface area contributed by atoms with Crippen LogP contribution in [0.4, 0.5) is 0 Å². The Morgan fingerprint density at radius 3 is 2.75 bits per heavy atom. The molecule has 3 heteroatoms. The fourth-order valence-electron chi connectivity index (χ4n) is 1.48. The predicted octanol–water partition coefficient (Wildman–Crippen LogP) is 3.10. The largest absolute Gasteiger partial charge is 0.266 e. The third-order valence-electron chi connectivity index (χ3n) is 2.22. The molecule has 0 bridgehead atoms. The summed E-state index contributed by atoms with van der Waals surface area (Å²) in [5.74, 6) is 0.784. The lowest BCUT2D eigenvalue weighted by molar-refractivity contribution is 0.507. The molecule has 1 heterocycles. The quantitative estimate of drug-likeness (QED) is 0.761. The van der Waals surface area contributed by atoms with Crippen molar-refractivity contribution in [2.24, 2.45) is 0 Å². The van der Waals surface area contributed by atoms with Crippen molar-refractivity contribution in [1.82, 2.24) is 9.78 Å². The van der Waals surface area contributed by atoms with Crippen molar-refractivity contribution in [3.05, 3.63) is 16.4 Å². The van der Waals surface area contributed by atoms with Crippen molar-refractivity contribution in [3.63, 3.8) is 0 Å². The zero-order valence-corrected chi connectivity index (χ0v) is 9.00. The van der Waals surface area contributed by atoms with Crippen LogP contribution in [0.15, 0.2) is 10.7 Å². The van der Waals surface area contributed by atoms with Crippen LogP contribution in [0.1, 0.15) is 44.3 Å². The highest BCUT2D eigenvalue weighted by molar-refractivity contribution is 9.10. The maximum absolute atomic E-state index is 4.40. The van der Waals surface area contributed by atoms with E-state index in [9.17, 15) is 0 Å². The lowest BCUT2D eigenvalue weighted by Crippen LogP contribution is -2.06. The average Bonchev–Trinajstić information content (AvgIpc) is 2.75. The predicted molar refractivity (Wildman–Crippen MR) is 52.3 cm³/mol. The molecule has 0 unspecified atom stereocenters. The number of rotatable bonds is 2. The molecule has 12 heavy (non-hydrogen) atoms. The van der Waals surface area contributed by atoms with Gasteiger partial charge in [0.2, 0.25) is 0 Å². The first kappa shape index (κ1) is 8.30. The minimum atomic E-state index is 0.479. The van der Waals surface area contributed by atoms with Gasteiger partial charge in [0.1, 0.15) is 4.60 Å². The first-order chi connectivity index (χ1) is 5.68. The second-order valence-electron chi connectivity index (χ2n) is 3.70. The maximum atomic E-state index is 4.40. The summed E-state index contributed by atoms with van der Waals surface area (Å²) >= 11 is 3.42. The molecule has 1 aliphatic rings. The van der Waals surface area contributed by atoms with Gasteiger partial charge in [0, 0.05) is 17.7 Å². The van der Waals surface area contributed by atoms with E-state index in [0.717, 1.165) is 10.5 Å². The molecule has 0 N–H and O–H groups in total. The summed E-state index contributed by atoms with van der Waals surface area (Å²) in [6, 6.07) is 2.63. The van der Waals surface area contributed by atoms with Crippen LogP contribution >= 0.6 is 15.9 Å². The summed E-state index contributed by atoms with van der Waals surface area (Å²) < 4.78 is 3.10. The molecular formula is C9H13BrN2. The van der Waals surface area contributed by atoms with Gasteiger partial charge in [-0.15, -0.1) is 0 Å². The minimum Gasteiger partial charge on any atom is -0.266 e. The van der Waals surface area contributed by atoms with E-state index >= 15 is 0 Å². The fourth-order valence-corrected chi connectivity index (χ4v) is 1.88. The van der Waals surface area contributed by atoms with Gasteiger partial charge in [-0.1, -0.05) is 0 Å². The molecule has 1 aromatic rings. The molecular weight excluding hydrogens is 216 g/mol. The zero-order valence-electron chi connectivity index (χ0n) is 7.42. The lowest BCUT2D eigenvalue weighted by Gasteiger charge is -2.09. The average molecular weight is 229 g/mol. The summed E-state index contributed by atoms with van der Waals surface area (Å²) in [7, 11) is 0. The highest BCUT2D eigenvalue weighted by Crippen LogP contribution is 2.41. The van der Waals surface area contributed by atoms with Crippen LogP contribution < -0.4 is 0 Å². The maximum Gasteiger partial charge on any atom is 0.128 e. The van der Waals surface area contributed by atoms with Crippen LogP contribution in [-0.2, 0) is 0 Å². The van der Waals surface area contributed by atoms with Gasteiger partial charge in [-0.2, -0.15) is 5.10 Å². The van der Waals surface area contributed by atoms with Crippen molar-refractivity contribution in [2.45, 2.75) is 38.6 Å². The molecule has 2 rings (SSSR count).